The first-order valence-corrected chi connectivity index (χ1v) is 9.17. The van der Waals surface area contributed by atoms with E-state index in [2.05, 4.69) is 6.92 Å². The molecule has 0 fully saturated rings. The molecule has 0 aliphatic heterocycles. The Morgan fingerprint density at radius 2 is 1.81 bits per heavy atom. The molecule has 0 aromatic heterocycles. The van der Waals surface area contributed by atoms with Crippen molar-refractivity contribution in [3.63, 3.8) is 0 Å². The molecule has 0 bridgehead atoms. The molecule has 0 saturated carbocycles. The summed E-state index contributed by atoms with van der Waals surface area (Å²) in [6.45, 7) is 2.40. The van der Waals surface area contributed by atoms with Gasteiger partial charge in [-0.1, -0.05) is 50.1 Å². The summed E-state index contributed by atoms with van der Waals surface area (Å²) >= 11 is 0. The van der Waals surface area contributed by atoms with Gasteiger partial charge in [0.05, 0.1) is 7.11 Å². The smallest absolute Gasteiger partial charge is 0.341 e. The molecule has 2 aromatic carbocycles. The number of carbonyl (C=O) groups is 2. The Hall–Kier alpha value is -2.82. The van der Waals surface area contributed by atoms with E-state index in [1.165, 1.54) is 13.2 Å². The van der Waals surface area contributed by atoms with Crippen LogP contribution in [-0.2, 0) is 22.6 Å². The van der Waals surface area contributed by atoms with Crippen molar-refractivity contribution in [2.24, 2.45) is 0 Å². The van der Waals surface area contributed by atoms with Crippen LogP contribution in [0.25, 0.3) is 0 Å². The number of phenolic OH excluding ortho intramolecular Hbond substituents is 1. The lowest BCUT2D eigenvalue weighted by atomic mass is 9.98. The number of ether oxygens (including phenoxy) is 2. The summed E-state index contributed by atoms with van der Waals surface area (Å²) in [5.41, 5.74) is 1.42. The number of hydrogen-bond acceptors (Lipinski definition) is 5. The molecule has 27 heavy (non-hydrogen) atoms. The van der Waals surface area contributed by atoms with E-state index in [4.69, 9.17) is 9.47 Å². The van der Waals surface area contributed by atoms with E-state index >= 15 is 0 Å². The lowest BCUT2D eigenvalue weighted by Gasteiger charge is -2.13. The molecule has 0 amide bonds. The van der Waals surface area contributed by atoms with Crippen LogP contribution in [0.4, 0.5) is 0 Å². The standard InChI is InChI=1S/C22H26O5/c1-3-4-6-11-18(23)12-17-13-19(14-20(24)21(17)22(25)26-2)27-15-16-9-7-5-8-10-16/h5,7-10,13-14,24H,3-4,6,11-12,15H2,1-2H3. The van der Waals surface area contributed by atoms with E-state index in [0.29, 0.717) is 24.3 Å². The Bertz CT molecular complexity index is 768. The molecular weight excluding hydrogens is 344 g/mol. The summed E-state index contributed by atoms with van der Waals surface area (Å²) in [4.78, 5) is 24.3. The third-order valence-corrected chi connectivity index (χ3v) is 4.26. The second-order valence-electron chi connectivity index (χ2n) is 6.41. The second-order valence-corrected chi connectivity index (χ2v) is 6.41. The zero-order valence-electron chi connectivity index (χ0n) is 15.9. The highest BCUT2D eigenvalue weighted by atomic mass is 16.5. The summed E-state index contributed by atoms with van der Waals surface area (Å²) in [7, 11) is 1.24. The number of phenols is 1. The molecule has 0 saturated heterocycles. The maximum Gasteiger partial charge on any atom is 0.341 e. The van der Waals surface area contributed by atoms with Crippen molar-refractivity contribution in [2.75, 3.05) is 7.11 Å². The van der Waals surface area contributed by atoms with E-state index in [1.807, 2.05) is 30.3 Å². The van der Waals surface area contributed by atoms with Crippen molar-refractivity contribution in [3.8, 4) is 11.5 Å². The summed E-state index contributed by atoms with van der Waals surface area (Å²) in [6.07, 6.45) is 3.35. The number of aromatic hydroxyl groups is 1. The number of rotatable bonds is 10. The summed E-state index contributed by atoms with van der Waals surface area (Å²) in [6, 6.07) is 12.6. The molecule has 2 rings (SSSR count). The van der Waals surface area contributed by atoms with Gasteiger partial charge in [0.2, 0.25) is 0 Å². The van der Waals surface area contributed by atoms with Crippen LogP contribution in [0.1, 0.15) is 54.1 Å². The Kier molecular flexibility index (Phi) is 7.86. The fourth-order valence-electron chi connectivity index (χ4n) is 2.83. The van der Waals surface area contributed by atoms with Crippen molar-refractivity contribution in [1.82, 2.24) is 0 Å². The molecule has 144 valence electrons. The van der Waals surface area contributed by atoms with Gasteiger partial charge in [0.15, 0.2) is 0 Å². The molecule has 5 nitrogen and oxygen atoms in total. The number of methoxy groups -OCH3 is 1. The van der Waals surface area contributed by atoms with E-state index in [9.17, 15) is 14.7 Å². The SMILES string of the molecule is CCCCCC(=O)Cc1cc(OCc2ccccc2)cc(O)c1C(=O)OC. The second kappa shape index (κ2) is 10.4. The van der Waals surface area contributed by atoms with Gasteiger partial charge >= 0.3 is 5.97 Å². The van der Waals surface area contributed by atoms with Crippen LogP contribution in [0.5, 0.6) is 11.5 Å². The molecular formula is C22H26O5. The summed E-state index contributed by atoms with van der Waals surface area (Å²) < 4.78 is 10.5. The van der Waals surface area contributed by atoms with E-state index < -0.39 is 5.97 Å². The summed E-state index contributed by atoms with van der Waals surface area (Å²) in [5, 5.41) is 10.3. The lowest BCUT2D eigenvalue weighted by molar-refractivity contribution is -0.118. The fourth-order valence-corrected chi connectivity index (χ4v) is 2.83. The lowest BCUT2D eigenvalue weighted by Crippen LogP contribution is -2.11. The van der Waals surface area contributed by atoms with Gasteiger partial charge < -0.3 is 14.6 Å². The van der Waals surface area contributed by atoms with Gasteiger partial charge in [-0.2, -0.15) is 0 Å². The molecule has 0 heterocycles. The minimum absolute atomic E-state index is 0.0215. The Labute approximate surface area is 159 Å². The largest absolute Gasteiger partial charge is 0.507 e. The first-order valence-electron chi connectivity index (χ1n) is 9.17. The number of esters is 1. The number of Topliss-reactive ketones (excluding diaryl/α,β-unsaturated/α-hetero) is 1. The number of carbonyl (C=O) groups excluding carboxylic acids is 2. The van der Waals surface area contributed by atoms with Crippen LogP contribution in [-0.4, -0.2) is 24.0 Å². The molecule has 0 radical (unpaired) electrons. The first-order chi connectivity index (χ1) is 13.0. The summed E-state index contributed by atoms with van der Waals surface area (Å²) in [5.74, 6) is -0.490. The van der Waals surface area contributed by atoms with Crippen molar-refractivity contribution < 1.29 is 24.2 Å². The van der Waals surface area contributed by atoms with Crippen molar-refractivity contribution >= 4 is 11.8 Å². The maximum atomic E-state index is 12.3. The Balaban J connectivity index is 2.20. The van der Waals surface area contributed by atoms with Crippen LogP contribution >= 0.6 is 0 Å². The van der Waals surface area contributed by atoms with E-state index in [-0.39, 0.29) is 23.5 Å². The van der Waals surface area contributed by atoms with Gasteiger partial charge in [0.1, 0.15) is 29.5 Å². The monoisotopic (exact) mass is 370 g/mol. The van der Waals surface area contributed by atoms with Gasteiger partial charge in [-0.15, -0.1) is 0 Å². The number of ketones is 1. The third-order valence-electron chi connectivity index (χ3n) is 4.26. The zero-order valence-corrected chi connectivity index (χ0v) is 15.9. The fraction of sp³-hybridized carbons (Fsp3) is 0.364. The molecule has 0 unspecified atom stereocenters. The molecule has 0 spiro atoms. The zero-order chi connectivity index (χ0) is 19.6. The molecule has 1 N–H and O–H groups in total. The Morgan fingerprint density at radius 3 is 2.48 bits per heavy atom. The van der Waals surface area contributed by atoms with Gasteiger partial charge in [0.25, 0.3) is 0 Å². The number of unbranched alkanes of at least 4 members (excludes halogenated alkanes) is 2. The molecule has 5 heteroatoms. The number of hydrogen-bond donors (Lipinski definition) is 1. The predicted molar refractivity (Wildman–Crippen MR) is 103 cm³/mol. The maximum absolute atomic E-state index is 12.3. The van der Waals surface area contributed by atoms with Crippen molar-refractivity contribution in [2.45, 2.75) is 45.6 Å². The quantitative estimate of drug-likeness (QED) is 0.494. The highest BCUT2D eigenvalue weighted by Gasteiger charge is 2.21. The highest BCUT2D eigenvalue weighted by molar-refractivity contribution is 5.96. The van der Waals surface area contributed by atoms with Crippen LogP contribution in [0, 0.1) is 0 Å². The van der Waals surface area contributed by atoms with Crippen LogP contribution in [0.15, 0.2) is 42.5 Å². The Morgan fingerprint density at radius 1 is 1.07 bits per heavy atom. The van der Waals surface area contributed by atoms with Gasteiger partial charge in [-0.3, -0.25) is 4.79 Å². The van der Waals surface area contributed by atoms with Crippen LogP contribution in [0.2, 0.25) is 0 Å². The van der Waals surface area contributed by atoms with Gasteiger partial charge in [-0.25, -0.2) is 4.79 Å². The van der Waals surface area contributed by atoms with E-state index in [0.717, 1.165) is 24.8 Å². The van der Waals surface area contributed by atoms with Crippen molar-refractivity contribution in [3.05, 3.63) is 59.2 Å². The average Bonchev–Trinajstić information content (AvgIpc) is 2.66. The average molecular weight is 370 g/mol. The molecule has 0 aliphatic rings. The molecule has 0 atom stereocenters. The predicted octanol–water partition coefficient (Wildman–Crippen LogP) is 4.45. The minimum atomic E-state index is -0.668. The highest BCUT2D eigenvalue weighted by Crippen LogP contribution is 2.30. The molecule has 2 aromatic rings. The third kappa shape index (κ3) is 6.13. The van der Waals surface area contributed by atoms with Gasteiger partial charge in [0, 0.05) is 18.9 Å². The van der Waals surface area contributed by atoms with Crippen LogP contribution in [0.3, 0.4) is 0 Å². The van der Waals surface area contributed by atoms with Crippen LogP contribution < -0.4 is 4.74 Å². The number of benzene rings is 2. The molecule has 0 aliphatic carbocycles. The van der Waals surface area contributed by atoms with E-state index in [1.54, 1.807) is 6.07 Å². The minimum Gasteiger partial charge on any atom is -0.507 e. The van der Waals surface area contributed by atoms with Crippen molar-refractivity contribution in [1.29, 1.82) is 0 Å². The topological polar surface area (TPSA) is 72.8 Å². The normalized spacial score (nSPS) is 10.4. The van der Waals surface area contributed by atoms with Gasteiger partial charge in [-0.05, 0) is 23.6 Å². The first kappa shape index (κ1) is 20.5.